The SMILES string of the molecule is CC(C)(C)OC(=O)NC1=NCc2ccccc2OC/C=C\CN(CCCCCCCCNC(=O)OCc2ccccc2)C(=O)N1. The summed E-state index contributed by atoms with van der Waals surface area (Å²) in [5, 5.41) is 8.14. The molecular formula is C34H47N5O6. The first kappa shape index (κ1) is 34.9. The van der Waals surface area contributed by atoms with Gasteiger partial charge in [-0.2, -0.15) is 0 Å². The summed E-state index contributed by atoms with van der Waals surface area (Å²) < 4.78 is 16.5. The first-order chi connectivity index (χ1) is 21.7. The monoisotopic (exact) mass is 621 g/mol. The Labute approximate surface area is 266 Å². The van der Waals surface area contributed by atoms with Crippen LogP contribution in [0, 0.1) is 0 Å². The molecule has 4 amide bonds. The molecule has 1 aliphatic heterocycles. The number of nitrogens with zero attached hydrogens (tertiary/aromatic N) is 2. The van der Waals surface area contributed by atoms with E-state index in [1.807, 2.05) is 66.7 Å². The van der Waals surface area contributed by atoms with Gasteiger partial charge in [0.25, 0.3) is 0 Å². The van der Waals surface area contributed by atoms with Crippen molar-refractivity contribution in [1.29, 1.82) is 0 Å². The van der Waals surface area contributed by atoms with E-state index in [1.165, 1.54) is 0 Å². The van der Waals surface area contributed by atoms with Crippen LogP contribution in [0.15, 0.2) is 71.7 Å². The largest absolute Gasteiger partial charge is 0.489 e. The zero-order valence-corrected chi connectivity index (χ0v) is 26.7. The lowest BCUT2D eigenvalue weighted by Gasteiger charge is -2.23. The Morgan fingerprint density at radius 2 is 1.64 bits per heavy atom. The first-order valence-electron chi connectivity index (χ1n) is 15.6. The number of carbonyl (C=O) groups is 3. The van der Waals surface area contributed by atoms with Crippen molar-refractivity contribution in [3.8, 4) is 5.75 Å². The molecular weight excluding hydrogens is 574 g/mol. The number of urea groups is 1. The third kappa shape index (κ3) is 14.7. The zero-order chi connectivity index (χ0) is 32.3. The van der Waals surface area contributed by atoms with Crippen molar-refractivity contribution >= 4 is 24.2 Å². The maximum Gasteiger partial charge on any atom is 0.414 e. The average Bonchev–Trinajstić information content (AvgIpc) is 3.01. The summed E-state index contributed by atoms with van der Waals surface area (Å²) in [5.41, 5.74) is 1.06. The lowest BCUT2D eigenvalue weighted by molar-refractivity contribution is 0.0561. The van der Waals surface area contributed by atoms with E-state index in [4.69, 9.17) is 14.2 Å². The Morgan fingerprint density at radius 1 is 0.933 bits per heavy atom. The van der Waals surface area contributed by atoms with E-state index in [-0.39, 0.29) is 25.1 Å². The molecule has 1 aliphatic rings. The number of hydrogen-bond acceptors (Lipinski definition) is 7. The molecule has 1 heterocycles. The Bertz CT molecular complexity index is 1280. The number of para-hydroxylation sites is 1. The van der Waals surface area contributed by atoms with Gasteiger partial charge in [0.15, 0.2) is 0 Å². The van der Waals surface area contributed by atoms with Crippen LogP contribution in [0.25, 0.3) is 0 Å². The number of alkyl carbamates (subject to hydrolysis) is 2. The van der Waals surface area contributed by atoms with Gasteiger partial charge < -0.3 is 24.4 Å². The summed E-state index contributed by atoms with van der Waals surface area (Å²) in [7, 11) is 0. The normalized spacial score (nSPS) is 14.6. The number of unbranched alkanes of at least 4 members (excludes halogenated alkanes) is 5. The van der Waals surface area contributed by atoms with E-state index in [1.54, 1.807) is 25.7 Å². The number of aliphatic imine (C=N–C) groups is 1. The maximum absolute atomic E-state index is 13.3. The number of guanidine groups is 1. The van der Waals surface area contributed by atoms with E-state index in [0.29, 0.717) is 32.0 Å². The molecule has 0 radical (unpaired) electrons. The molecule has 244 valence electrons. The van der Waals surface area contributed by atoms with Gasteiger partial charge in [-0.15, -0.1) is 0 Å². The smallest absolute Gasteiger partial charge is 0.414 e. The van der Waals surface area contributed by atoms with Gasteiger partial charge in [-0.05, 0) is 51.3 Å². The number of amides is 4. The van der Waals surface area contributed by atoms with Crippen LogP contribution in [-0.4, -0.2) is 60.9 Å². The molecule has 11 nitrogen and oxygen atoms in total. The van der Waals surface area contributed by atoms with Gasteiger partial charge in [-0.1, -0.05) is 80.3 Å². The fourth-order valence-corrected chi connectivity index (χ4v) is 4.41. The highest BCUT2D eigenvalue weighted by atomic mass is 16.6. The molecule has 0 saturated heterocycles. The molecule has 45 heavy (non-hydrogen) atoms. The summed E-state index contributed by atoms with van der Waals surface area (Å²) in [6.45, 7) is 7.58. The maximum atomic E-state index is 13.3. The minimum Gasteiger partial charge on any atom is -0.489 e. The van der Waals surface area contributed by atoms with Gasteiger partial charge in [0, 0.05) is 25.2 Å². The van der Waals surface area contributed by atoms with Crippen molar-refractivity contribution < 1.29 is 28.6 Å². The van der Waals surface area contributed by atoms with Crippen LogP contribution >= 0.6 is 0 Å². The minimum atomic E-state index is -0.708. The number of benzene rings is 2. The standard InChI is InChI=1S/C34H47N5O6/c1-34(2,3)45-33(42)38-30-36-25-28-19-11-12-20-29(28)43-24-16-15-23-39(31(40)37-30)22-14-7-5-4-6-13-21-35-32(41)44-26-27-17-9-8-10-18-27/h8-12,15-20H,4-7,13-14,21-26H2,1-3H3,(H,35,41)(H2,36,37,38,40,42)/b16-15-. The molecule has 0 bridgehead atoms. The summed E-state index contributed by atoms with van der Waals surface area (Å²) in [4.78, 5) is 43.8. The summed E-state index contributed by atoms with van der Waals surface area (Å²) in [6.07, 6.45) is 8.36. The second-order valence-corrected chi connectivity index (χ2v) is 11.7. The quantitative estimate of drug-likeness (QED) is 0.200. The first-order valence-corrected chi connectivity index (χ1v) is 15.6. The van der Waals surface area contributed by atoms with E-state index >= 15 is 0 Å². The Kier molecular flexibility index (Phi) is 14.7. The summed E-state index contributed by atoms with van der Waals surface area (Å²) >= 11 is 0. The third-order valence-corrected chi connectivity index (χ3v) is 6.68. The van der Waals surface area contributed by atoms with Crippen LogP contribution < -0.4 is 20.7 Å². The number of hydrogen-bond donors (Lipinski definition) is 3. The summed E-state index contributed by atoms with van der Waals surface area (Å²) in [5.74, 6) is 0.693. The van der Waals surface area contributed by atoms with Crippen molar-refractivity contribution in [2.75, 3.05) is 26.2 Å². The van der Waals surface area contributed by atoms with E-state index < -0.39 is 17.8 Å². The number of carbonyl (C=O) groups excluding carboxylic acids is 3. The third-order valence-electron chi connectivity index (χ3n) is 6.68. The lowest BCUT2D eigenvalue weighted by Crippen LogP contribution is -2.50. The number of fused-ring (bicyclic) bond motifs is 1. The number of nitrogens with one attached hydrogen (secondary N) is 3. The van der Waals surface area contributed by atoms with Crippen molar-refractivity contribution in [3.05, 3.63) is 77.9 Å². The second-order valence-electron chi connectivity index (χ2n) is 11.7. The molecule has 11 heteroatoms. The highest BCUT2D eigenvalue weighted by Gasteiger charge is 2.20. The van der Waals surface area contributed by atoms with Crippen LogP contribution in [-0.2, 0) is 22.6 Å². The topological polar surface area (TPSA) is 131 Å². The molecule has 0 unspecified atom stereocenters. The van der Waals surface area contributed by atoms with Gasteiger partial charge in [-0.25, -0.2) is 19.4 Å². The van der Waals surface area contributed by atoms with Crippen molar-refractivity contribution in [2.45, 2.75) is 78.0 Å². The lowest BCUT2D eigenvalue weighted by atomic mass is 10.1. The van der Waals surface area contributed by atoms with Crippen LogP contribution in [0.4, 0.5) is 14.4 Å². The molecule has 0 aromatic heterocycles. The Hall–Kier alpha value is -4.54. The van der Waals surface area contributed by atoms with Crippen LogP contribution in [0.1, 0.15) is 70.4 Å². The molecule has 3 N–H and O–H groups in total. The summed E-state index contributed by atoms with van der Waals surface area (Å²) in [6, 6.07) is 16.7. The molecule has 0 atom stereocenters. The van der Waals surface area contributed by atoms with Crippen molar-refractivity contribution in [2.24, 2.45) is 4.99 Å². The van der Waals surface area contributed by atoms with Crippen molar-refractivity contribution in [3.63, 3.8) is 0 Å². The molecule has 0 aliphatic carbocycles. The van der Waals surface area contributed by atoms with Crippen LogP contribution in [0.3, 0.4) is 0 Å². The minimum absolute atomic E-state index is 0.00911. The second kappa shape index (κ2) is 19.0. The molecule has 3 rings (SSSR count). The van der Waals surface area contributed by atoms with Gasteiger partial charge >= 0.3 is 18.2 Å². The average molecular weight is 622 g/mol. The van der Waals surface area contributed by atoms with Crippen molar-refractivity contribution in [1.82, 2.24) is 20.9 Å². The van der Waals surface area contributed by atoms with Gasteiger partial charge in [0.05, 0.1) is 6.54 Å². The van der Waals surface area contributed by atoms with Crippen LogP contribution in [0.2, 0.25) is 0 Å². The van der Waals surface area contributed by atoms with Gasteiger partial charge in [-0.3, -0.25) is 10.6 Å². The predicted octanol–water partition coefficient (Wildman–Crippen LogP) is 6.29. The number of ether oxygens (including phenoxy) is 3. The van der Waals surface area contributed by atoms with Gasteiger partial charge in [0.1, 0.15) is 24.6 Å². The fourth-order valence-electron chi connectivity index (χ4n) is 4.41. The number of rotatable bonds is 11. The highest BCUT2D eigenvalue weighted by Crippen LogP contribution is 2.19. The Balaban J connectivity index is 1.43. The van der Waals surface area contributed by atoms with E-state index in [0.717, 1.165) is 49.7 Å². The highest BCUT2D eigenvalue weighted by molar-refractivity contribution is 6.02. The molecule has 0 fully saturated rings. The molecule has 0 saturated carbocycles. The zero-order valence-electron chi connectivity index (χ0n) is 26.7. The molecule has 2 aromatic carbocycles. The molecule has 2 aromatic rings. The molecule has 0 spiro atoms. The fraction of sp³-hybridized carbons (Fsp3) is 0.471. The van der Waals surface area contributed by atoms with E-state index in [9.17, 15) is 14.4 Å². The predicted molar refractivity (Wildman–Crippen MR) is 174 cm³/mol. The Morgan fingerprint density at radius 3 is 2.42 bits per heavy atom. The van der Waals surface area contributed by atoms with Gasteiger partial charge in [0.2, 0.25) is 5.96 Å². The van der Waals surface area contributed by atoms with E-state index in [2.05, 4.69) is 20.9 Å². The van der Waals surface area contributed by atoms with Crippen LogP contribution in [0.5, 0.6) is 5.75 Å².